The lowest BCUT2D eigenvalue weighted by Gasteiger charge is -2.15. The summed E-state index contributed by atoms with van der Waals surface area (Å²) in [4.78, 5) is 0. The van der Waals surface area contributed by atoms with Crippen molar-refractivity contribution in [3.05, 3.63) is 51.8 Å². The van der Waals surface area contributed by atoms with Gasteiger partial charge in [-0.05, 0) is 31.2 Å². The topological polar surface area (TPSA) is 17.8 Å². The van der Waals surface area contributed by atoms with Gasteiger partial charge < -0.3 is 0 Å². The molecule has 0 aliphatic carbocycles. The average Bonchev–Trinajstić information content (AvgIpc) is 2.71. The Balaban J connectivity index is 2.29. The molecule has 0 saturated heterocycles. The Morgan fingerprint density at radius 1 is 1.40 bits per heavy atom. The number of rotatable bonds is 5. The van der Waals surface area contributed by atoms with Gasteiger partial charge in [0.05, 0.1) is 16.4 Å². The second kappa shape index (κ2) is 6.77. The Labute approximate surface area is 134 Å². The average molecular weight is 356 g/mol. The Bertz CT molecular complexity index is 592. The van der Waals surface area contributed by atoms with Crippen LogP contribution in [0.5, 0.6) is 0 Å². The number of hydrogen-bond acceptors (Lipinski definition) is 1. The van der Waals surface area contributed by atoms with Crippen molar-refractivity contribution in [2.45, 2.75) is 32.6 Å². The molecule has 1 atom stereocenters. The molecule has 2 aromatic rings. The van der Waals surface area contributed by atoms with Gasteiger partial charge in [0.25, 0.3) is 0 Å². The summed E-state index contributed by atoms with van der Waals surface area (Å²) < 4.78 is 1.92. The third kappa shape index (κ3) is 3.26. The molecular formula is C16H20BrClN2. The van der Waals surface area contributed by atoms with Gasteiger partial charge in [0, 0.05) is 12.4 Å². The molecule has 2 rings (SSSR count). The summed E-state index contributed by atoms with van der Waals surface area (Å²) in [5.74, 6) is 0.410. The summed E-state index contributed by atoms with van der Waals surface area (Å²) in [5.41, 5.74) is 4.74. The van der Waals surface area contributed by atoms with Crippen LogP contribution in [0.15, 0.2) is 24.3 Å². The highest BCUT2D eigenvalue weighted by molar-refractivity contribution is 9.09. The lowest BCUT2D eigenvalue weighted by Crippen LogP contribution is -2.09. The van der Waals surface area contributed by atoms with Crippen molar-refractivity contribution < 1.29 is 0 Å². The predicted molar refractivity (Wildman–Crippen MR) is 89.0 cm³/mol. The third-order valence-corrected chi connectivity index (χ3v) is 4.86. The number of aryl methyl sites for hydroxylation is 3. The minimum atomic E-state index is 0.410. The molecule has 0 spiro atoms. The minimum Gasteiger partial charge on any atom is -0.271 e. The largest absolute Gasteiger partial charge is 0.271 e. The molecule has 0 aliphatic rings. The normalized spacial score (nSPS) is 12.7. The molecule has 4 heteroatoms. The van der Waals surface area contributed by atoms with Gasteiger partial charge in [-0.2, -0.15) is 5.10 Å². The molecule has 20 heavy (non-hydrogen) atoms. The van der Waals surface area contributed by atoms with E-state index in [1.807, 2.05) is 11.7 Å². The van der Waals surface area contributed by atoms with Crippen LogP contribution in [0.4, 0.5) is 0 Å². The Kier molecular flexibility index (Phi) is 5.28. The van der Waals surface area contributed by atoms with Crippen LogP contribution in [-0.2, 0) is 19.9 Å². The molecule has 108 valence electrons. The summed E-state index contributed by atoms with van der Waals surface area (Å²) in [6, 6.07) is 8.67. The van der Waals surface area contributed by atoms with Crippen LogP contribution in [0.1, 0.15) is 35.4 Å². The zero-order valence-corrected chi connectivity index (χ0v) is 14.5. The predicted octanol–water partition coefficient (Wildman–Crippen LogP) is 4.67. The van der Waals surface area contributed by atoms with E-state index in [1.54, 1.807) is 0 Å². The van der Waals surface area contributed by atoms with E-state index >= 15 is 0 Å². The second-order valence-electron chi connectivity index (χ2n) is 5.15. The molecule has 0 saturated carbocycles. The summed E-state index contributed by atoms with van der Waals surface area (Å²) in [7, 11) is 1.97. The van der Waals surface area contributed by atoms with E-state index in [0.29, 0.717) is 5.92 Å². The molecule has 0 fully saturated rings. The zero-order chi connectivity index (χ0) is 14.7. The molecule has 1 heterocycles. The Hall–Kier alpha value is -0.800. The van der Waals surface area contributed by atoms with Gasteiger partial charge in [0.1, 0.15) is 0 Å². The van der Waals surface area contributed by atoms with E-state index in [4.69, 9.17) is 11.6 Å². The molecular weight excluding hydrogens is 336 g/mol. The van der Waals surface area contributed by atoms with E-state index in [0.717, 1.165) is 34.6 Å². The summed E-state index contributed by atoms with van der Waals surface area (Å²) in [6.45, 7) is 4.21. The quantitative estimate of drug-likeness (QED) is 0.713. The molecule has 0 radical (unpaired) electrons. The Morgan fingerprint density at radius 3 is 2.70 bits per heavy atom. The molecule has 0 bridgehead atoms. The van der Waals surface area contributed by atoms with Gasteiger partial charge in [-0.1, -0.05) is 64.3 Å². The summed E-state index contributed by atoms with van der Waals surface area (Å²) in [6.07, 6.45) is 1.77. The van der Waals surface area contributed by atoms with Crippen molar-refractivity contribution in [3.63, 3.8) is 0 Å². The molecule has 0 N–H and O–H groups in total. The van der Waals surface area contributed by atoms with Gasteiger partial charge in [0.15, 0.2) is 0 Å². The van der Waals surface area contributed by atoms with Crippen LogP contribution in [0.25, 0.3) is 0 Å². The smallest absolute Gasteiger partial charge is 0.0849 e. The molecule has 0 amide bonds. The first kappa shape index (κ1) is 15.6. The maximum Gasteiger partial charge on any atom is 0.0849 e. The molecule has 2 nitrogen and oxygen atoms in total. The van der Waals surface area contributed by atoms with Crippen molar-refractivity contribution in [3.8, 4) is 0 Å². The van der Waals surface area contributed by atoms with Gasteiger partial charge in [-0.25, -0.2) is 0 Å². The van der Waals surface area contributed by atoms with E-state index in [1.165, 1.54) is 11.1 Å². The molecule has 1 aromatic carbocycles. The number of benzene rings is 1. The van der Waals surface area contributed by atoms with Crippen molar-refractivity contribution in [1.82, 2.24) is 9.78 Å². The fourth-order valence-corrected chi connectivity index (χ4v) is 3.43. The van der Waals surface area contributed by atoms with Crippen molar-refractivity contribution >= 4 is 27.5 Å². The molecule has 1 aromatic heterocycles. The third-order valence-electron chi connectivity index (χ3n) is 3.64. The summed E-state index contributed by atoms with van der Waals surface area (Å²) >= 11 is 10.1. The first-order valence-corrected chi connectivity index (χ1v) is 8.39. The Morgan fingerprint density at radius 2 is 2.15 bits per heavy atom. The fourth-order valence-electron chi connectivity index (χ4n) is 2.46. The highest BCUT2D eigenvalue weighted by Crippen LogP contribution is 2.29. The summed E-state index contributed by atoms with van der Waals surface area (Å²) in [5, 5.41) is 6.24. The van der Waals surface area contributed by atoms with E-state index < -0.39 is 0 Å². The molecule has 1 unspecified atom stereocenters. The van der Waals surface area contributed by atoms with Crippen LogP contribution < -0.4 is 0 Å². The lowest BCUT2D eigenvalue weighted by molar-refractivity contribution is 0.658. The first-order chi connectivity index (χ1) is 9.56. The van der Waals surface area contributed by atoms with Crippen molar-refractivity contribution in [2.24, 2.45) is 7.05 Å². The highest BCUT2D eigenvalue weighted by Gasteiger charge is 2.18. The van der Waals surface area contributed by atoms with Crippen LogP contribution in [0, 0.1) is 6.92 Å². The van der Waals surface area contributed by atoms with Crippen LogP contribution in [-0.4, -0.2) is 15.1 Å². The number of hydrogen-bond donors (Lipinski definition) is 0. The van der Waals surface area contributed by atoms with Crippen LogP contribution >= 0.6 is 27.5 Å². The minimum absolute atomic E-state index is 0.410. The molecule has 0 aliphatic heterocycles. The highest BCUT2D eigenvalue weighted by atomic mass is 79.9. The van der Waals surface area contributed by atoms with E-state index in [2.05, 4.69) is 59.1 Å². The van der Waals surface area contributed by atoms with Gasteiger partial charge in [0.2, 0.25) is 0 Å². The number of halogens is 2. The monoisotopic (exact) mass is 354 g/mol. The SMILES string of the molecule is CCc1nn(C)c(CC(CBr)c2cccc(C)c2)c1Cl. The van der Waals surface area contributed by atoms with Gasteiger partial charge in [-0.15, -0.1) is 0 Å². The van der Waals surface area contributed by atoms with Crippen LogP contribution in [0.3, 0.4) is 0 Å². The second-order valence-corrected chi connectivity index (χ2v) is 6.18. The van der Waals surface area contributed by atoms with Gasteiger partial charge >= 0.3 is 0 Å². The zero-order valence-electron chi connectivity index (χ0n) is 12.2. The van der Waals surface area contributed by atoms with Crippen LogP contribution in [0.2, 0.25) is 5.02 Å². The van der Waals surface area contributed by atoms with Crippen molar-refractivity contribution in [2.75, 3.05) is 5.33 Å². The van der Waals surface area contributed by atoms with E-state index in [9.17, 15) is 0 Å². The maximum atomic E-state index is 6.45. The van der Waals surface area contributed by atoms with Crippen molar-refractivity contribution in [1.29, 1.82) is 0 Å². The first-order valence-electron chi connectivity index (χ1n) is 6.89. The number of aromatic nitrogens is 2. The standard InChI is InChI=1S/C16H20BrClN2/c1-4-14-16(18)15(20(3)19-14)9-13(10-17)12-7-5-6-11(2)8-12/h5-8,13H,4,9-10H2,1-3H3. The van der Waals surface area contributed by atoms with E-state index in [-0.39, 0.29) is 0 Å². The fraction of sp³-hybridized carbons (Fsp3) is 0.438. The number of alkyl halides is 1. The lowest BCUT2D eigenvalue weighted by atomic mass is 9.94. The van der Waals surface area contributed by atoms with Gasteiger partial charge in [-0.3, -0.25) is 4.68 Å². The number of nitrogens with zero attached hydrogens (tertiary/aromatic N) is 2. The maximum absolute atomic E-state index is 6.45.